The summed E-state index contributed by atoms with van der Waals surface area (Å²) in [6, 6.07) is 11.8. The van der Waals surface area contributed by atoms with Crippen LogP contribution in [0.5, 0.6) is 11.5 Å². The van der Waals surface area contributed by atoms with E-state index in [1.807, 2.05) is 36.5 Å². The molecule has 150 valence electrons. The molecule has 28 heavy (non-hydrogen) atoms. The largest absolute Gasteiger partial charge is 0.454 e. The zero-order chi connectivity index (χ0) is 19.2. The van der Waals surface area contributed by atoms with E-state index in [1.165, 1.54) is 0 Å². The molecule has 0 bridgehead atoms. The van der Waals surface area contributed by atoms with Gasteiger partial charge in [0.2, 0.25) is 6.79 Å². The van der Waals surface area contributed by atoms with Crippen LogP contribution >= 0.6 is 0 Å². The van der Waals surface area contributed by atoms with E-state index in [2.05, 4.69) is 20.9 Å². The molecule has 0 amide bonds. The number of piperazine rings is 1. The number of benzene rings is 1. The molecule has 0 saturated carbocycles. The minimum Gasteiger partial charge on any atom is -0.454 e. The molecule has 4 rings (SSSR count). The molecule has 1 N–H and O–H groups in total. The van der Waals surface area contributed by atoms with Crippen LogP contribution in [0.1, 0.15) is 11.3 Å². The molecule has 2 aliphatic rings. The van der Waals surface area contributed by atoms with Crippen LogP contribution in [-0.4, -0.2) is 72.1 Å². The van der Waals surface area contributed by atoms with Crippen LogP contribution in [0.2, 0.25) is 0 Å². The average molecular weight is 385 g/mol. The first-order valence-corrected chi connectivity index (χ1v) is 9.75. The smallest absolute Gasteiger partial charge is 0.231 e. The van der Waals surface area contributed by atoms with Crippen molar-refractivity contribution in [3.05, 3.63) is 53.9 Å². The Labute approximate surface area is 165 Å². The Morgan fingerprint density at radius 1 is 1.04 bits per heavy atom. The molecule has 0 aliphatic carbocycles. The molecule has 1 aromatic carbocycles. The number of aromatic nitrogens is 1. The number of β-amino-alcohol motifs (C(OH)–C–C–N with tert-alkyl or cyclic N) is 1. The third kappa shape index (κ3) is 5.20. The number of rotatable bonds is 8. The number of aliphatic hydroxyl groups is 1. The van der Waals surface area contributed by atoms with Crippen LogP contribution in [0.4, 0.5) is 0 Å². The Morgan fingerprint density at radius 2 is 1.86 bits per heavy atom. The normalized spacial score (nSPS) is 18.3. The zero-order valence-corrected chi connectivity index (χ0v) is 16.0. The predicted octanol–water partition coefficient (Wildman–Crippen LogP) is 1.51. The maximum atomic E-state index is 10.3. The van der Waals surface area contributed by atoms with Crippen molar-refractivity contribution in [2.24, 2.45) is 0 Å². The zero-order valence-electron chi connectivity index (χ0n) is 16.0. The van der Waals surface area contributed by atoms with Crippen molar-refractivity contribution in [1.82, 2.24) is 14.8 Å². The Kier molecular flexibility index (Phi) is 6.38. The van der Waals surface area contributed by atoms with Crippen LogP contribution in [0.25, 0.3) is 0 Å². The van der Waals surface area contributed by atoms with Gasteiger partial charge in [-0.1, -0.05) is 12.1 Å². The van der Waals surface area contributed by atoms with Gasteiger partial charge in [0.05, 0.1) is 25.0 Å². The van der Waals surface area contributed by atoms with Crippen molar-refractivity contribution in [3.8, 4) is 11.5 Å². The fourth-order valence-corrected chi connectivity index (χ4v) is 3.55. The first-order chi connectivity index (χ1) is 13.8. The van der Waals surface area contributed by atoms with Gasteiger partial charge in [0, 0.05) is 45.5 Å². The fraction of sp³-hybridized carbons (Fsp3) is 0.476. The lowest BCUT2D eigenvalue weighted by molar-refractivity contribution is 0.000779. The van der Waals surface area contributed by atoms with Gasteiger partial charge in [-0.25, -0.2) is 0 Å². The molecular weight excluding hydrogens is 358 g/mol. The van der Waals surface area contributed by atoms with Crippen LogP contribution in [0.15, 0.2) is 42.6 Å². The SMILES string of the molecule is O[C@@H](COCc1ccc2c(c1)OCO2)CN1CCN(Cc2ccccn2)CC1. The molecule has 1 fully saturated rings. The van der Waals surface area contributed by atoms with Crippen LogP contribution in [0, 0.1) is 0 Å². The van der Waals surface area contributed by atoms with Gasteiger partial charge >= 0.3 is 0 Å². The van der Waals surface area contributed by atoms with E-state index in [-0.39, 0.29) is 6.79 Å². The van der Waals surface area contributed by atoms with Crippen molar-refractivity contribution >= 4 is 0 Å². The van der Waals surface area contributed by atoms with Gasteiger partial charge in [-0.05, 0) is 29.8 Å². The Hall–Kier alpha value is -2.19. The standard InChI is InChI=1S/C21H27N3O4/c25-19(15-26-14-17-4-5-20-21(11-17)28-16-27-20)13-24-9-7-23(8-10-24)12-18-3-1-2-6-22-18/h1-6,11,19,25H,7-10,12-16H2/t19-/m1/s1. The third-order valence-corrected chi connectivity index (χ3v) is 5.06. The fourth-order valence-electron chi connectivity index (χ4n) is 3.55. The highest BCUT2D eigenvalue weighted by Crippen LogP contribution is 2.32. The number of aliphatic hydroxyl groups excluding tert-OH is 1. The summed E-state index contributed by atoms with van der Waals surface area (Å²) >= 11 is 0. The topological polar surface area (TPSA) is 67.3 Å². The van der Waals surface area contributed by atoms with Gasteiger partial charge in [-0.3, -0.25) is 14.8 Å². The monoisotopic (exact) mass is 385 g/mol. The van der Waals surface area contributed by atoms with Crippen molar-refractivity contribution in [1.29, 1.82) is 0 Å². The van der Waals surface area contributed by atoms with Crippen LogP contribution in [-0.2, 0) is 17.9 Å². The Bertz CT molecular complexity index is 751. The third-order valence-electron chi connectivity index (χ3n) is 5.06. The summed E-state index contributed by atoms with van der Waals surface area (Å²) in [7, 11) is 0. The number of nitrogens with zero attached hydrogens (tertiary/aromatic N) is 3. The van der Waals surface area contributed by atoms with E-state index in [0.29, 0.717) is 19.8 Å². The molecular formula is C21H27N3O4. The van der Waals surface area contributed by atoms with Gasteiger partial charge < -0.3 is 19.3 Å². The number of ether oxygens (including phenoxy) is 3. The summed E-state index contributed by atoms with van der Waals surface area (Å²) in [5.74, 6) is 1.52. The molecule has 0 unspecified atom stereocenters. The highest BCUT2D eigenvalue weighted by molar-refractivity contribution is 5.44. The summed E-state index contributed by atoms with van der Waals surface area (Å²) in [6.07, 6.45) is 1.35. The molecule has 3 heterocycles. The average Bonchev–Trinajstić information content (AvgIpc) is 3.18. The van der Waals surface area contributed by atoms with Crippen LogP contribution < -0.4 is 9.47 Å². The minimum absolute atomic E-state index is 0.271. The van der Waals surface area contributed by atoms with Gasteiger partial charge in [-0.2, -0.15) is 0 Å². The molecule has 7 heteroatoms. The Balaban J connectivity index is 1.13. The van der Waals surface area contributed by atoms with E-state index in [9.17, 15) is 5.11 Å². The van der Waals surface area contributed by atoms with E-state index in [0.717, 1.165) is 55.5 Å². The molecule has 1 atom stereocenters. The lowest BCUT2D eigenvalue weighted by atomic mass is 10.2. The molecule has 0 spiro atoms. The number of hydrogen-bond donors (Lipinski definition) is 1. The summed E-state index contributed by atoms with van der Waals surface area (Å²) < 4.78 is 16.4. The lowest BCUT2D eigenvalue weighted by Crippen LogP contribution is -2.48. The summed E-state index contributed by atoms with van der Waals surface area (Å²) in [4.78, 5) is 9.09. The van der Waals surface area contributed by atoms with E-state index >= 15 is 0 Å². The number of hydrogen-bond acceptors (Lipinski definition) is 7. The summed E-state index contributed by atoms with van der Waals surface area (Å²) in [5, 5.41) is 10.3. The first kappa shape index (κ1) is 19.1. The molecule has 0 radical (unpaired) electrons. The molecule has 2 aromatic rings. The second kappa shape index (κ2) is 9.34. The van der Waals surface area contributed by atoms with Crippen molar-refractivity contribution < 1.29 is 19.3 Å². The van der Waals surface area contributed by atoms with Gasteiger partial charge in [0.25, 0.3) is 0 Å². The molecule has 2 aliphatic heterocycles. The van der Waals surface area contributed by atoms with Gasteiger partial charge in [0.15, 0.2) is 11.5 Å². The summed E-state index contributed by atoms with van der Waals surface area (Å²) in [5.41, 5.74) is 2.12. The maximum absolute atomic E-state index is 10.3. The van der Waals surface area contributed by atoms with Gasteiger partial charge in [0.1, 0.15) is 0 Å². The first-order valence-electron chi connectivity index (χ1n) is 9.75. The summed E-state index contributed by atoms with van der Waals surface area (Å²) in [6.45, 7) is 6.44. The van der Waals surface area contributed by atoms with E-state index in [4.69, 9.17) is 14.2 Å². The molecule has 1 aromatic heterocycles. The number of fused-ring (bicyclic) bond motifs is 1. The van der Waals surface area contributed by atoms with Crippen molar-refractivity contribution in [2.75, 3.05) is 46.1 Å². The predicted molar refractivity (Wildman–Crippen MR) is 104 cm³/mol. The Morgan fingerprint density at radius 3 is 2.68 bits per heavy atom. The number of pyridine rings is 1. The van der Waals surface area contributed by atoms with Crippen molar-refractivity contribution in [2.45, 2.75) is 19.3 Å². The molecule has 7 nitrogen and oxygen atoms in total. The van der Waals surface area contributed by atoms with Crippen LogP contribution in [0.3, 0.4) is 0 Å². The maximum Gasteiger partial charge on any atom is 0.231 e. The molecule has 1 saturated heterocycles. The highest BCUT2D eigenvalue weighted by Gasteiger charge is 2.20. The van der Waals surface area contributed by atoms with Gasteiger partial charge in [-0.15, -0.1) is 0 Å². The van der Waals surface area contributed by atoms with E-state index in [1.54, 1.807) is 0 Å². The second-order valence-corrected chi connectivity index (χ2v) is 7.25. The second-order valence-electron chi connectivity index (χ2n) is 7.25. The quantitative estimate of drug-likeness (QED) is 0.739. The van der Waals surface area contributed by atoms with E-state index < -0.39 is 6.10 Å². The minimum atomic E-state index is -0.489. The highest BCUT2D eigenvalue weighted by atomic mass is 16.7. The lowest BCUT2D eigenvalue weighted by Gasteiger charge is -2.35. The van der Waals surface area contributed by atoms with Crippen molar-refractivity contribution in [3.63, 3.8) is 0 Å².